The number of carbonyl (C=O) groups excluding carboxylic acids is 1. The molecule has 0 aliphatic heterocycles. The van der Waals surface area contributed by atoms with Gasteiger partial charge in [0.05, 0.1) is 7.11 Å². The number of rotatable bonds is 1. The zero-order valence-electron chi connectivity index (χ0n) is 8.01. The van der Waals surface area contributed by atoms with Crippen molar-refractivity contribution in [2.45, 2.75) is 0 Å². The van der Waals surface area contributed by atoms with Crippen molar-refractivity contribution in [2.75, 3.05) is 7.11 Å². The molecule has 0 radical (unpaired) electrons. The molecule has 2 aromatic rings. The van der Waals surface area contributed by atoms with Gasteiger partial charge >= 0.3 is 0 Å². The van der Waals surface area contributed by atoms with Gasteiger partial charge in [-0.1, -0.05) is 48.5 Å². The second kappa shape index (κ2) is 5.75. The van der Waals surface area contributed by atoms with E-state index >= 15 is 0 Å². The van der Waals surface area contributed by atoms with Crippen LogP contribution in [0.3, 0.4) is 0 Å². The van der Waals surface area contributed by atoms with Gasteiger partial charge in [-0.2, -0.15) is 0 Å². The first kappa shape index (κ1) is 10.3. The summed E-state index contributed by atoms with van der Waals surface area (Å²) in [6.07, 6.45) is 0. The molecule has 0 amide bonds. The highest BCUT2D eigenvalue weighted by molar-refractivity contribution is 5.81. The first-order chi connectivity index (χ1) is 6.88. The lowest BCUT2D eigenvalue weighted by Crippen LogP contribution is -1.68. The summed E-state index contributed by atoms with van der Waals surface area (Å²) in [6.45, 7) is 0.375. The number of ether oxygens (including phenoxy) is 1. The average molecular weight is 188 g/mol. The average Bonchev–Trinajstić information content (AvgIpc) is 2.30. The zero-order chi connectivity index (χ0) is 10.2. The van der Waals surface area contributed by atoms with Crippen LogP contribution in [0, 0.1) is 0 Å². The van der Waals surface area contributed by atoms with E-state index in [0.717, 1.165) is 0 Å². The predicted octanol–water partition coefficient (Wildman–Crippen LogP) is 2.63. The second-order valence-corrected chi connectivity index (χ2v) is 2.68. The van der Waals surface area contributed by atoms with Crippen molar-refractivity contribution in [1.82, 2.24) is 0 Å². The summed E-state index contributed by atoms with van der Waals surface area (Å²) in [6, 6.07) is 16.7. The molecule has 0 bridgehead atoms. The number of carbonyl (C=O) groups is 1. The quantitative estimate of drug-likeness (QED) is 0.643. The standard InChI is InChI=1S/C10H8.C2H4O2/c1-2-6-10-8-4-3-7-9(10)5-1;1-4-2-3/h1-8H;2H,1H3. The van der Waals surface area contributed by atoms with E-state index in [0.29, 0.717) is 6.47 Å². The van der Waals surface area contributed by atoms with Gasteiger partial charge in [0.25, 0.3) is 6.47 Å². The molecule has 0 aliphatic carbocycles. The normalized spacial score (nSPS) is 8.64. The monoisotopic (exact) mass is 188 g/mol. The fourth-order valence-corrected chi connectivity index (χ4v) is 1.13. The molecule has 0 saturated carbocycles. The number of methoxy groups -OCH3 is 1. The predicted molar refractivity (Wildman–Crippen MR) is 57.0 cm³/mol. The second-order valence-electron chi connectivity index (χ2n) is 2.68. The van der Waals surface area contributed by atoms with Gasteiger partial charge in [-0.15, -0.1) is 0 Å². The molecule has 2 nitrogen and oxygen atoms in total. The lowest BCUT2D eigenvalue weighted by atomic mass is 10.1. The molecule has 14 heavy (non-hydrogen) atoms. The maximum Gasteiger partial charge on any atom is 0.292 e. The molecule has 0 heterocycles. The fraction of sp³-hybridized carbons (Fsp3) is 0.0833. The Bertz CT molecular complexity index is 331. The van der Waals surface area contributed by atoms with Crippen LogP contribution in [-0.2, 0) is 9.53 Å². The Balaban J connectivity index is 0.000000213. The molecule has 0 N–H and O–H groups in total. The molecule has 2 aromatic carbocycles. The van der Waals surface area contributed by atoms with Crippen LogP contribution in [0.1, 0.15) is 0 Å². The molecule has 0 saturated heterocycles. The van der Waals surface area contributed by atoms with Crippen LogP contribution < -0.4 is 0 Å². The van der Waals surface area contributed by atoms with Crippen LogP contribution in [0.4, 0.5) is 0 Å². The Hall–Kier alpha value is -1.83. The van der Waals surface area contributed by atoms with E-state index in [1.807, 2.05) is 0 Å². The summed E-state index contributed by atoms with van der Waals surface area (Å²) in [7, 11) is 1.31. The lowest BCUT2D eigenvalue weighted by Gasteiger charge is -1.92. The minimum atomic E-state index is 0.375. The lowest BCUT2D eigenvalue weighted by molar-refractivity contribution is -0.126. The van der Waals surface area contributed by atoms with E-state index in [4.69, 9.17) is 4.79 Å². The van der Waals surface area contributed by atoms with E-state index in [9.17, 15) is 0 Å². The van der Waals surface area contributed by atoms with E-state index in [-0.39, 0.29) is 0 Å². The van der Waals surface area contributed by atoms with Gasteiger partial charge in [0.1, 0.15) is 0 Å². The van der Waals surface area contributed by atoms with Crippen LogP contribution in [-0.4, -0.2) is 13.6 Å². The maximum atomic E-state index is 8.95. The van der Waals surface area contributed by atoms with Crippen molar-refractivity contribution in [3.8, 4) is 0 Å². The molecule has 2 heteroatoms. The van der Waals surface area contributed by atoms with Crippen LogP contribution in [0.2, 0.25) is 0 Å². The Labute approximate surface area is 83.1 Å². The summed E-state index contributed by atoms with van der Waals surface area (Å²) in [5.41, 5.74) is 0. The largest absolute Gasteiger partial charge is 0.471 e. The molecule has 0 atom stereocenters. The van der Waals surface area contributed by atoms with Crippen molar-refractivity contribution in [3.63, 3.8) is 0 Å². The van der Waals surface area contributed by atoms with Crippen molar-refractivity contribution in [2.24, 2.45) is 0 Å². The summed E-state index contributed by atoms with van der Waals surface area (Å²) in [5.74, 6) is 0. The highest BCUT2D eigenvalue weighted by Gasteiger charge is 1.85. The fourth-order valence-electron chi connectivity index (χ4n) is 1.13. The van der Waals surface area contributed by atoms with Crippen LogP contribution >= 0.6 is 0 Å². The van der Waals surface area contributed by atoms with Gasteiger partial charge < -0.3 is 4.74 Å². The highest BCUT2D eigenvalue weighted by Crippen LogP contribution is 2.11. The van der Waals surface area contributed by atoms with E-state index in [1.54, 1.807) is 0 Å². The minimum absolute atomic E-state index is 0.375. The minimum Gasteiger partial charge on any atom is -0.471 e. The summed E-state index contributed by atoms with van der Waals surface area (Å²) in [5, 5.41) is 2.62. The topological polar surface area (TPSA) is 26.3 Å². The van der Waals surface area contributed by atoms with E-state index in [1.165, 1.54) is 17.9 Å². The molecule has 0 unspecified atom stereocenters. The summed E-state index contributed by atoms with van der Waals surface area (Å²) < 4.78 is 3.86. The van der Waals surface area contributed by atoms with Crippen molar-refractivity contribution < 1.29 is 9.53 Å². The summed E-state index contributed by atoms with van der Waals surface area (Å²) in [4.78, 5) is 8.95. The van der Waals surface area contributed by atoms with Gasteiger partial charge in [-0.05, 0) is 10.8 Å². The molecule has 0 fully saturated rings. The van der Waals surface area contributed by atoms with Crippen LogP contribution in [0.25, 0.3) is 10.8 Å². The molecule has 0 spiro atoms. The van der Waals surface area contributed by atoms with E-state index in [2.05, 4.69) is 53.3 Å². The summed E-state index contributed by atoms with van der Waals surface area (Å²) >= 11 is 0. The third-order valence-corrected chi connectivity index (χ3v) is 1.75. The Morgan fingerprint density at radius 2 is 1.21 bits per heavy atom. The zero-order valence-corrected chi connectivity index (χ0v) is 8.01. The van der Waals surface area contributed by atoms with Crippen molar-refractivity contribution >= 4 is 17.2 Å². The van der Waals surface area contributed by atoms with E-state index < -0.39 is 0 Å². The van der Waals surface area contributed by atoms with Crippen LogP contribution in [0.5, 0.6) is 0 Å². The van der Waals surface area contributed by atoms with Crippen molar-refractivity contribution in [1.29, 1.82) is 0 Å². The van der Waals surface area contributed by atoms with Gasteiger partial charge in [0.2, 0.25) is 0 Å². The number of fused-ring (bicyclic) bond motifs is 1. The number of benzene rings is 2. The molecule has 0 aliphatic rings. The SMILES string of the molecule is COC=O.c1ccc2ccccc2c1. The number of hydrogen-bond acceptors (Lipinski definition) is 2. The number of hydrogen-bond donors (Lipinski definition) is 0. The molecule has 2 rings (SSSR count). The molecule has 72 valence electrons. The third-order valence-electron chi connectivity index (χ3n) is 1.75. The Morgan fingerprint density at radius 1 is 0.929 bits per heavy atom. The smallest absolute Gasteiger partial charge is 0.292 e. The van der Waals surface area contributed by atoms with Gasteiger partial charge in [-0.25, -0.2) is 0 Å². The van der Waals surface area contributed by atoms with Gasteiger partial charge in [0.15, 0.2) is 0 Å². The van der Waals surface area contributed by atoms with Crippen LogP contribution in [0.15, 0.2) is 48.5 Å². The molecule has 0 aromatic heterocycles. The first-order valence-corrected chi connectivity index (χ1v) is 4.28. The van der Waals surface area contributed by atoms with Gasteiger partial charge in [-0.3, -0.25) is 4.79 Å². The van der Waals surface area contributed by atoms with Gasteiger partial charge in [0, 0.05) is 0 Å². The molecular weight excluding hydrogens is 176 g/mol. The third kappa shape index (κ3) is 2.90. The Morgan fingerprint density at radius 3 is 1.43 bits per heavy atom. The maximum absolute atomic E-state index is 8.95. The molecular formula is C12H12O2. The van der Waals surface area contributed by atoms with Crippen molar-refractivity contribution in [3.05, 3.63) is 48.5 Å². The highest BCUT2D eigenvalue weighted by atomic mass is 16.5. The Kier molecular flexibility index (Phi) is 4.21. The first-order valence-electron chi connectivity index (χ1n) is 4.28.